The van der Waals surface area contributed by atoms with Crippen LogP contribution in [0.3, 0.4) is 0 Å². The second-order valence-electron chi connectivity index (χ2n) is 14.4. The predicted octanol–water partition coefficient (Wildman–Crippen LogP) is 1.14. The Morgan fingerprint density at radius 1 is 0.923 bits per heavy atom. The van der Waals surface area contributed by atoms with E-state index in [0.717, 1.165) is 80.0 Å². The number of imide groups is 1. The average molecular weight is 708 g/mol. The van der Waals surface area contributed by atoms with Crippen LogP contribution in [0.2, 0.25) is 0 Å². The highest BCUT2D eigenvalue weighted by molar-refractivity contribution is 5.99. The Morgan fingerprint density at radius 2 is 1.71 bits per heavy atom. The molecule has 1 aromatic carbocycles. The second-order valence-corrected chi connectivity index (χ2v) is 14.4. The van der Waals surface area contributed by atoms with E-state index in [1.54, 1.807) is 24.3 Å². The van der Waals surface area contributed by atoms with Gasteiger partial charge in [-0.25, -0.2) is 0 Å². The van der Waals surface area contributed by atoms with Crippen molar-refractivity contribution < 1.29 is 19.2 Å². The molecule has 4 amide bonds. The summed E-state index contributed by atoms with van der Waals surface area (Å²) in [5.41, 5.74) is 8.20. The van der Waals surface area contributed by atoms with Crippen molar-refractivity contribution in [3.63, 3.8) is 0 Å². The van der Waals surface area contributed by atoms with E-state index in [1.807, 2.05) is 28.0 Å². The minimum Gasteiger partial charge on any atom is -0.370 e. The maximum absolute atomic E-state index is 13.4. The standard InChI is InChI=1S/C36H41N11O5/c37-33(49)23-1-3-29(38-16-23)24-17-39-46(21-24)26-9-11-43(12-10-26)18-22-7-13-44(14-8-22)35(51)25-19-45(20-25)27-2-4-30-28(15-27)36(52)47(42-41-30)31-5-6-32(48)40-34(31)50/h1-4,15-17,21-22,25-26,31H,5-14,18-20H2,(H2,37,49)(H,40,48,50). The first-order valence-electron chi connectivity index (χ1n) is 18.0. The van der Waals surface area contributed by atoms with Gasteiger partial charge < -0.3 is 20.4 Å². The van der Waals surface area contributed by atoms with Gasteiger partial charge in [0.15, 0.2) is 0 Å². The topological polar surface area (TPSA) is 195 Å². The minimum absolute atomic E-state index is 0.0879. The summed E-state index contributed by atoms with van der Waals surface area (Å²) in [6.07, 6.45) is 9.71. The average Bonchev–Trinajstić information content (AvgIpc) is 3.63. The number of aromatic nitrogens is 6. The summed E-state index contributed by atoms with van der Waals surface area (Å²) in [5, 5.41) is 15.3. The summed E-state index contributed by atoms with van der Waals surface area (Å²) < 4.78 is 3.10. The molecule has 52 heavy (non-hydrogen) atoms. The summed E-state index contributed by atoms with van der Waals surface area (Å²) in [4.78, 5) is 73.0. The summed E-state index contributed by atoms with van der Waals surface area (Å²) >= 11 is 0. The zero-order valence-electron chi connectivity index (χ0n) is 28.8. The largest absolute Gasteiger partial charge is 0.370 e. The van der Waals surface area contributed by atoms with Gasteiger partial charge >= 0.3 is 0 Å². The van der Waals surface area contributed by atoms with E-state index < -0.39 is 23.4 Å². The summed E-state index contributed by atoms with van der Waals surface area (Å²) in [6, 6.07) is 8.28. The number of carbonyl (C=O) groups excluding carboxylic acids is 4. The fraction of sp³-hybridized carbons (Fsp3) is 0.472. The first-order chi connectivity index (χ1) is 25.2. The lowest BCUT2D eigenvalue weighted by atomic mass is 9.92. The quantitative estimate of drug-likeness (QED) is 0.250. The van der Waals surface area contributed by atoms with E-state index >= 15 is 0 Å². The van der Waals surface area contributed by atoms with E-state index in [0.29, 0.717) is 41.5 Å². The lowest BCUT2D eigenvalue weighted by Crippen LogP contribution is -2.56. The number of nitrogens with two attached hydrogens (primary N) is 1. The lowest BCUT2D eigenvalue weighted by Gasteiger charge is -2.44. The Bertz CT molecular complexity index is 2070. The highest BCUT2D eigenvalue weighted by atomic mass is 16.2. The molecule has 1 unspecified atom stereocenters. The van der Waals surface area contributed by atoms with Crippen LogP contribution in [0.25, 0.3) is 22.2 Å². The normalized spacial score (nSPS) is 21.0. The zero-order valence-corrected chi connectivity index (χ0v) is 28.8. The molecule has 0 bridgehead atoms. The molecule has 0 saturated carbocycles. The van der Waals surface area contributed by atoms with Crippen LogP contribution in [-0.4, -0.2) is 109 Å². The fourth-order valence-corrected chi connectivity index (χ4v) is 7.91. The van der Waals surface area contributed by atoms with Crippen molar-refractivity contribution in [2.24, 2.45) is 17.6 Å². The number of primary amides is 1. The number of amides is 4. The summed E-state index contributed by atoms with van der Waals surface area (Å²) in [5.74, 6) is -0.740. The Balaban J connectivity index is 0.789. The number of likely N-dealkylation sites (tertiary alicyclic amines) is 2. The SMILES string of the molecule is NC(=O)c1ccc(-c2cnn(C3CCN(CC4CCN(C(=O)C5CN(c6ccc7nnn(C8CCC(=O)NC8=O)c(=O)c7c6)C5)CC4)CC3)c2)nc1. The number of hydrogen-bond donors (Lipinski definition) is 2. The number of hydrogen-bond acceptors (Lipinski definition) is 11. The molecule has 16 heteroatoms. The van der Waals surface area contributed by atoms with Crippen LogP contribution in [0.5, 0.6) is 0 Å². The molecule has 16 nitrogen and oxygen atoms in total. The van der Waals surface area contributed by atoms with Gasteiger partial charge in [0.05, 0.1) is 34.8 Å². The van der Waals surface area contributed by atoms with Crippen LogP contribution in [0.4, 0.5) is 5.69 Å². The van der Waals surface area contributed by atoms with Gasteiger partial charge in [-0.05, 0) is 68.4 Å². The Labute approximate surface area is 298 Å². The molecule has 4 fully saturated rings. The van der Waals surface area contributed by atoms with E-state index in [2.05, 4.69) is 35.5 Å². The van der Waals surface area contributed by atoms with Gasteiger partial charge in [0, 0.05) is 75.9 Å². The second kappa shape index (κ2) is 13.9. The Morgan fingerprint density at radius 3 is 2.42 bits per heavy atom. The molecular formula is C36H41N11O5. The van der Waals surface area contributed by atoms with Gasteiger partial charge in [0.25, 0.3) is 11.5 Å². The third kappa shape index (κ3) is 6.65. The van der Waals surface area contributed by atoms with Gasteiger partial charge in [-0.1, -0.05) is 5.21 Å². The third-order valence-electron chi connectivity index (χ3n) is 11.1. The highest BCUT2D eigenvalue weighted by Crippen LogP contribution is 2.31. The molecule has 0 spiro atoms. The number of anilines is 1. The van der Waals surface area contributed by atoms with Gasteiger partial charge in [-0.3, -0.25) is 39.0 Å². The molecule has 4 aromatic rings. The zero-order chi connectivity index (χ0) is 35.9. The molecule has 3 aromatic heterocycles. The van der Waals surface area contributed by atoms with Crippen LogP contribution in [-0.2, 0) is 14.4 Å². The maximum atomic E-state index is 13.4. The van der Waals surface area contributed by atoms with Crippen molar-refractivity contribution in [2.75, 3.05) is 50.7 Å². The van der Waals surface area contributed by atoms with Gasteiger partial charge in [0.1, 0.15) is 11.6 Å². The number of carbonyl (C=O) groups is 4. The van der Waals surface area contributed by atoms with Crippen LogP contribution in [0.1, 0.15) is 61.0 Å². The number of benzene rings is 1. The Hall–Kier alpha value is -5.51. The number of piperidine rings is 3. The number of nitrogens with one attached hydrogen (secondary N) is 1. The molecule has 270 valence electrons. The molecule has 7 heterocycles. The van der Waals surface area contributed by atoms with Crippen molar-refractivity contribution in [3.05, 3.63) is 64.8 Å². The molecule has 4 aliphatic heterocycles. The lowest BCUT2D eigenvalue weighted by molar-refractivity contribution is -0.138. The number of fused-ring (bicyclic) bond motifs is 1. The van der Waals surface area contributed by atoms with E-state index in [9.17, 15) is 24.0 Å². The molecule has 3 N–H and O–H groups in total. The fourth-order valence-electron chi connectivity index (χ4n) is 7.91. The number of rotatable bonds is 8. The number of pyridine rings is 1. The van der Waals surface area contributed by atoms with Crippen molar-refractivity contribution in [2.45, 2.75) is 50.6 Å². The van der Waals surface area contributed by atoms with Crippen LogP contribution >= 0.6 is 0 Å². The van der Waals surface area contributed by atoms with Crippen molar-refractivity contribution >= 4 is 40.2 Å². The van der Waals surface area contributed by atoms with Crippen molar-refractivity contribution in [1.82, 2.24) is 44.9 Å². The smallest absolute Gasteiger partial charge is 0.278 e. The first kappa shape index (κ1) is 33.6. The minimum atomic E-state index is -0.878. The van der Waals surface area contributed by atoms with Gasteiger partial charge in [0.2, 0.25) is 17.7 Å². The van der Waals surface area contributed by atoms with E-state index in [4.69, 9.17) is 5.73 Å². The third-order valence-corrected chi connectivity index (χ3v) is 11.1. The van der Waals surface area contributed by atoms with Gasteiger partial charge in [-0.15, -0.1) is 5.10 Å². The molecule has 1 atom stereocenters. The van der Waals surface area contributed by atoms with Crippen LogP contribution in [0.15, 0.2) is 53.7 Å². The molecule has 4 aliphatic rings. The molecule has 4 saturated heterocycles. The Kier molecular flexibility index (Phi) is 8.99. The van der Waals surface area contributed by atoms with E-state index in [1.165, 1.54) is 6.20 Å². The van der Waals surface area contributed by atoms with Gasteiger partial charge in [-0.2, -0.15) is 9.78 Å². The molecular weight excluding hydrogens is 666 g/mol. The van der Waals surface area contributed by atoms with Crippen LogP contribution < -0.4 is 21.5 Å². The van der Waals surface area contributed by atoms with E-state index in [-0.39, 0.29) is 30.6 Å². The summed E-state index contributed by atoms with van der Waals surface area (Å²) in [6.45, 7) is 5.77. The molecule has 0 aliphatic carbocycles. The number of nitrogens with zero attached hydrogens (tertiary/aromatic N) is 9. The van der Waals surface area contributed by atoms with Crippen molar-refractivity contribution in [3.8, 4) is 11.3 Å². The first-order valence-corrected chi connectivity index (χ1v) is 18.0. The summed E-state index contributed by atoms with van der Waals surface area (Å²) in [7, 11) is 0. The predicted molar refractivity (Wildman–Crippen MR) is 189 cm³/mol. The monoisotopic (exact) mass is 707 g/mol. The van der Waals surface area contributed by atoms with Crippen molar-refractivity contribution in [1.29, 1.82) is 0 Å². The van der Waals surface area contributed by atoms with Crippen LogP contribution in [0, 0.1) is 11.8 Å². The molecule has 8 rings (SSSR count). The highest BCUT2D eigenvalue weighted by Gasteiger charge is 2.37. The molecule has 0 radical (unpaired) electrons. The maximum Gasteiger partial charge on any atom is 0.278 e.